The first kappa shape index (κ1) is 20.3. The Kier molecular flexibility index (Phi) is 5.72. The van der Waals surface area contributed by atoms with Gasteiger partial charge in [-0.05, 0) is 30.4 Å². The Labute approximate surface area is 176 Å². The minimum Gasteiger partial charge on any atom is -0.333 e. The first-order valence-corrected chi connectivity index (χ1v) is 12.0. The summed E-state index contributed by atoms with van der Waals surface area (Å²) in [5.74, 6) is -0.469. The average Bonchev–Trinajstić information content (AvgIpc) is 3.26. The fourth-order valence-corrected chi connectivity index (χ4v) is 5.07. The number of likely N-dealkylation sites (tertiary alicyclic amines) is 1. The van der Waals surface area contributed by atoms with Crippen molar-refractivity contribution in [3.8, 4) is 0 Å². The van der Waals surface area contributed by atoms with Crippen molar-refractivity contribution in [1.82, 2.24) is 15.1 Å². The number of aromatic amines is 1. The Morgan fingerprint density at radius 3 is 2.20 bits per heavy atom. The van der Waals surface area contributed by atoms with Crippen molar-refractivity contribution in [1.29, 1.82) is 0 Å². The lowest BCUT2D eigenvalue weighted by molar-refractivity contribution is -0.136. The van der Waals surface area contributed by atoms with Gasteiger partial charge in [-0.1, -0.05) is 60.7 Å². The number of amides is 1. The van der Waals surface area contributed by atoms with Gasteiger partial charge in [0.2, 0.25) is 5.91 Å². The van der Waals surface area contributed by atoms with Crippen LogP contribution in [0.3, 0.4) is 0 Å². The summed E-state index contributed by atoms with van der Waals surface area (Å²) in [5.41, 5.74) is 2.35. The second kappa shape index (κ2) is 8.44. The number of H-pyrrole nitrogens is 1. The van der Waals surface area contributed by atoms with Crippen molar-refractivity contribution >= 4 is 15.7 Å². The lowest BCUT2D eigenvalue weighted by Gasteiger charge is -2.38. The van der Waals surface area contributed by atoms with Crippen molar-refractivity contribution in [2.75, 3.05) is 12.8 Å². The van der Waals surface area contributed by atoms with E-state index in [0.29, 0.717) is 18.7 Å². The van der Waals surface area contributed by atoms with Crippen LogP contribution >= 0.6 is 0 Å². The summed E-state index contributed by atoms with van der Waals surface area (Å²) >= 11 is 0. The van der Waals surface area contributed by atoms with Gasteiger partial charge in [0.05, 0.1) is 23.9 Å². The third kappa shape index (κ3) is 4.03. The first-order valence-electron chi connectivity index (χ1n) is 10.1. The molecule has 0 bridgehead atoms. The molecule has 2 heterocycles. The van der Waals surface area contributed by atoms with Gasteiger partial charge >= 0.3 is 0 Å². The van der Waals surface area contributed by atoms with Gasteiger partial charge in [-0.25, -0.2) is 8.42 Å². The SMILES string of the molecule is CS(=O)(=O)c1cn[nH]c1[C@H]1CCCCN1C(=O)C(c1ccccc1)c1ccccc1. The first-order chi connectivity index (χ1) is 14.5. The molecule has 1 aliphatic heterocycles. The summed E-state index contributed by atoms with van der Waals surface area (Å²) in [5, 5.41) is 6.84. The van der Waals surface area contributed by atoms with Crippen LogP contribution in [0.4, 0.5) is 0 Å². The van der Waals surface area contributed by atoms with E-state index < -0.39 is 15.8 Å². The van der Waals surface area contributed by atoms with Crippen molar-refractivity contribution in [3.05, 3.63) is 83.7 Å². The number of carbonyl (C=O) groups excluding carboxylic acids is 1. The molecule has 3 aromatic rings. The largest absolute Gasteiger partial charge is 0.333 e. The molecule has 6 nitrogen and oxygen atoms in total. The molecular formula is C23H25N3O3S. The van der Waals surface area contributed by atoms with E-state index in [1.807, 2.05) is 65.6 Å². The molecule has 0 aliphatic carbocycles. The van der Waals surface area contributed by atoms with Crippen molar-refractivity contribution < 1.29 is 13.2 Å². The fraction of sp³-hybridized carbons (Fsp3) is 0.304. The molecule has 4 rings (SSSR count). The molecule has 1 amide bonds. The van der Waals surface area contributed by atoms with E-state index in [1.54, 1.807) is 0 Å². The Hall–Kier alpha value is -2.93. The van der Waals surface area contributed by atoms with E-state index in [4.69, 9.17) is 0 Å². The Morgan fingerprint density at radius 2 is 1.63 bits per heavy atom. The van der Waals surface area contributed by atoms with Crippen LogP contribution in [-0.4, -0.2) is 42.2 Å². The topological polar surface area (TPSA) is 83.1 Å². The van der Waals surface area contributed by atoms with E-state index in [9.17, 15) is 13.2 Å². The minimum absolute atomic E-state index is 0.0221. The summed E-state index contributed by atoms with van der Waals surface area (Å²) in [6, 6.07) is 19.1. The van der Waals surface area contributed by atoms with Gasteiger partial charge in [0.25, 0.3) is 0 Å². The minimum atomic E-state index is -3.44. The third-order valence-electron chi connectivity index (χ3n) is 5.66. The van der Waals surface area contributed by atoms with Crippen LogP contribution in [0.5, 0.6) is 0 Å². The second-order valence-corrected chi connectivity index (χ2v) is 9.70. The molecule has 1 aliphatic rings. The highest BCUT2D eigenvalue weighted by Gasteiger charge is 2.36. The number of benzene rings is 2. The van der Waals surface area contributed by atoms with E-state index in [2.05, 4.69) is 10.2 Å². The standard InChI is InChI=1S/C23H25N3O3S/c1-30(28,29)20-16-24-25-22(20)19-14-8-9-15-26(19)23(27)21(17-10-4-2-5-11-17)18-12-6-3-7-13-18/h2-7,10-13,16,19,21H,8-9,14-15H2,1H3,(H,24,25)/t19-/m1/s1. The van der Waals surface area contributed by atoms with Crippen molar-refractivity contribution in [2.24, 2.45) is 0 Å². The zero-order valence-electron chi connectivity index (χ0n) is 16.9. The summed E-state index contributed by atoms with van der Waals surface area (Å²) in [4.78, 5) is 15.9. The second-order valence-electron chi connectivity index (χ2n) is 7.72. The maximum Gasteiger partial charge on any atom is 0.235 e. The zero-order chi connectivity index (χ0) is 21.1. The molecule has 1 N–H and O–H groups in total. The molecule has 1 aromatic heterocycles. The van der Waals surface area contributed by atoms with Crippen LogP contribution in [0.2, 0.25) is 0 Å². The molecular weight excluding hydrogens is 398 g/mol. The molecule has 1 atom stereocenters. The van der Waals surface area contributed by atoms with Gasteiger partial charge in [-0.2, -0.15) is 5.10 Å². The monoisotopic (exact) mass is 423 g/mol. The van der Waals surface area contributed by atoms with E-state index in [1.165, 1.54) is 12.5 Å². The van der Waals surface area contributed by atoms with Crippen molar-refractivity contribution in [2.45, 2.75) is 36.1 Å². The molecule has 1 fully saturated rings. The van der Waals surface area contributed by atoms with E-state index in [0.717, 1.165) is 24.0 Å². The summed E-state index contributed by atoms with van der Waals surface area (Å²) in [6.45, 7) is 0.585. The number of hydrogen-bond acceptors (Lipinski definition) is 4. The van der Waals surface area contributed by atoms with Crippen LogP contribution in [0, 0.1) is 0 Å². The van der Waals surface area contributed by atoms with Gasteiger partial charge in [0, 0.05) is 12.8 Å². The maximum absolute atomic E-state index is 13.9. The predicted molar refractivity (Wildman–Crippen MR) is 115 cm³/mol. The molecule has 30 heavy (non-hydrogen) atoms. The molecule has 156 valence electrons. The number of aromatic nitrogens is 2. The Balaban J connectivity index is 1.76. The highest BCUT2D eigenvalue weighted by Crippen LogP contribution is 2.37. The lowest BCUT2D eigenvalue weighted by atomic mass is 9.88. The number of sulfone groups is 1. The van der Waals surface area contributed by atoms with Crippen LogP contribution in [0.15, 0.2) is 71.8 Å². The van der Waals surface area contributed by atoms with Gasteiger partial charge < -0.3 is 4.90 Å². The van der Waals surface area contributed by atoms with Crippen LogP contribution in [0.1, 0.15) is 48.0 Å². The van der Waals surface area contributed by atoms with Gasteiger partial charge in [0.15, 0.2) is 9.84 Å². The highest BCUT2D eigenvalue weighted by molar-refractivity contribution is 7.90. The Morgan fingerprint density at radius 1 is 1.03 bits per heavy atom. The molecule has 0 spiro atoms. The fourth-order valence-electron chi connectivity index (χ4n) is 4.25. The average molecular weight is 424 g/mol. The maximum atomic E-state index is 13.9. The summed E-state index contributed by atoms with van der Waals surface area (Å²) < 4.78 is 24.5. The number of rotatable bonds is 5. The molecule has 0 unspecified atom stereocenters. The summed E-state index contributed by atoms with van der Waals surface area (Å²) in [6.07, 6.45) is 5.03. The van der Waals surface area contributed by atoms with Gasteiger partial charge in [-0.15, -0.1) is 0 Å². The molecule has 1 saturated heterocycles. The number of nitrogens with one attached hydrogen (secondary N) is 1. The van der Waals surface area contributed by atoms with Crippen molar-refractivity contribution in [3.63, 3.8) is 0 Å². The smallest absolute Gasteiger partial charge is 0.235 e. The highest BCUT2D eigenvalue weighted by atomic mass is 32.2. The van der Waals surface area contributed by atoms with Crippen LogP contribution < -0.4 is 0 Å². The molecule has 0 saturated carbocycles. The number of hydrogen-bond donors (Lipinski definition) is 1. The third-order valence-corrected chi connectivity index (χ3v) is 6.79. The quantitative estimate of drug-likeness (QED) is 0.678. The normalized spacial score (nSPS) is 17.3. The number of piperidine rings is 1. The Bertz CT molecular complexity index is 1070. The van der Waals surface area contributed by atoms with Gasteiger partial charge in [0.1, 0.15) is 4.90 Å². The molecule has 2 aromatic carbocycles. The predicted octanol–water partition coefficient (Wildman–Crippen LogP) is 3.70. The van der Waals surface area contributed by atoms with Gasteiger partial charge in [-0.3, -0.25) is 9.89 Å². The van der Waals surface area contributed by atoms with E-state index >= 15 is 0 Å². The molecule has 0 radical (unpaired) electrons. The van der Waals surface area contributed by atoms with Crippen LogP contribution in [-0.2, 0) is 14.6 Å². The molecule has 7 heteroatoms. The summed E-state index contributed by atoms with van der Waals surface area (Å²) in [7, 11) is -3.44. The van der Waals surface area contributed by atoms with Crippen LogP contribution in [0.25, 0.3) is 0 Å². The number of carbonyl (C=O) groups is 1. The zero-order valence-corrected chi connectivity index (χ0v) is 17.7. The van der Waals surface area contributed by atoms with E-state index in [-0.39, 0.29) is 16.8 Å². The number of nitrogens with zero attached hydrogens (tertiary/aromatic N) is 2. The lowest BCUT2D eigenvalue weighted by Crippen LogP contribution is -2.42.